The standard InChI is InChI=1S/C16H11F3N2O/c1-22-16-12(6-11(18)7-13(16)19)15-8-14(20-21-15)9-3-2-4-10(17)5-9/h2-8H,1H3,(H,20,21). The molecule has 0 amide bonds. The Bertz CT molecular complexity index is 830. The van der Waals surface area contributed by atoms with Gasteiger partial charge in [-0.25, -0.2) is 13.2 Å². The molecule has 0 bridgehead atoms. The zero-order valence-electron chi connectivity index (χ0n) is 11.5. The zero-order valence-corrected chi connectivity index (χ0v) is 11.5. The van der Waals surface area contributed by atoms with E-state index in [1.54, 1.807) is 18.2 Å². The van der Waals surface area contributed by atoms with Crippen LogP contribution in [0.3, 0.4) is 0 Å². The van der Waals surface area contributed by atoms with Crippen LogP contribution in [-0.4, -0.2) is 17.3 Å². The van der Waals surface area contributed by atoms with Gasteiger partial charge in [0.25, 0.3) is 0 Å². The van der Waals surface area contributed by atoms with E-state index in [-0.39, 0.29) is 11.3 Å². The Labute approximate surface area is 124 Å². The average Bonchev–Trinajstić information content (AvgIpc) is 2.96. The van der Waals surface area contributed by atoms with Gasteiger partial charge in [-0.1, -0.05) is 12.1 Å². The van der Waals surface area contributed by atoms with Crippen molar-refractivity contribution in [3.8, 4) is 28.3 Å². The van der Waals surface area contributed by atoms with Gasteiger partial charge < -0.3 is 4.74 Å². The predicted octanol–water partition coefficient (Wildman–Crippen LogP) is 4.17. The van der Waals surface area contributed by atoms with Gasteiger partial charge in [-0.3, -0.25) is 5.10 Å². The molecule has 6 heteroatoms. The van der Waals surface area contributed by atoms with Crippen molar-refractivity contribution < 1.29 is 17.9 Å². The number of H-pyrrole nitrogens is 1. The molecule has 1 heterocycles. The lowest BCUT2D eigenvalue weighted by atomic mass is 10.1. The normalized spacial score (nSPS) is 10.7. The van der Waals surface area contributed by atoms with E-state index in [1.807, 2.05) is 0 Å². The van der Waals surface area contributed by atoms with E-state index in [4.69, 9.17) is 4.74 Å². The summed E-state index contributed by atoms with van der Waals surface area (Å²) in [7, 11) is 1.30. The molecule has 0 aliphatic heterocycles. The Morgan fingerprint density at radius 1 is 1.00 bits per heavy atom. The van der Waals surface area contributed by atoms with Crippen LogP contribution < -0.4 is 4.74 Å². The largest absolute Gasteiger partial charge is 0.493 e. The van der Waals surface area contributed by atoms with Crippen molar-refractivity contribution in [2.45, 2.75) is 0 Å². The highest BCUT2D eigenvalue weighted by Crippen LogP contribution is 2.33. The van der Waals surface area contributed by atoms with Crippen molar-refractivity contribution in [1.29, 1.82) is 0 Å². The molecule has 22 heavy (non-hydrogen) atoms. The second-order valence-corrected chi connectivity index (χ2v) is 4.65. The summed E-state index contributed by atoms with van der Waals surface area (Å²) in [5, 5.41) is 6.73. The molecule has 1 N–H and O–H groups in total. The third-order valence-corrected chi connectivity index (χ3v) is 3.20. The third-order valence-electron chi connectivity index (χ3n) is 3.20. The lowest BCUT2D eigenvalue weighted by Crippen LogP contribution is -1.94. The van der Waals surface area contributed by atoms with Crippen molar-refractivity contribution in [2.24, 2.45) is 0 Å². The topological polar surface area (TPSA) is 37.9 Å². The van der Waals surface area contributed by atoms with E-state index < -0.39 is 17.5 Å². The third kappa shape index (κ3) is 2.55. The van der Waals surface area contributed by atoms with Crippen LogP contribution in [0.1, 0.15) is 0 Å². The van der Waals surface area contributed by atoms with Gasteiger partial charge in [0.15, 0.2) is 11.6 Å². The van der Waals surface area contributed by atoms with Gasteiger partial charge in [0, 0.05) is 17.2 Å². The van der Waals surface area contributed by atoms with Crippen molar-refractivity contribution in [3.63, 3.8) is 0 Å². The minimum atomic E-state index is -0.806. The first kappa shape index (κ1) is 14.2. The van der Waals surface area contributed by atoms with Crippen molar-refractivity contribution in [1.82, 2.24) is 10.2 Å². The quantitative estimate of drug-likeness (QED) is 0.788. The van der Waals surface area contributed by atoms with Gasteiger partial charge in [-0.2, -0.15) is 5.10 Å². The van der Waals surface area contributed by atoms with Crippen LogP contribution in [0.4, 0.5) is 13.2 Å². The Balaban J connectivity index is 2.08. The number of rotatable bonds is 3. The molecule has 3 rings (SSSR count). The Morgan fingerprint density at radius 3 is 2.55 bits per heavy atom. The number of methoxy groups -OCH3 is 1. The fraction of sp³-hybridized carbons (Fsp3) is 0.0625. The Hall–Kier alpha value is -2.76. The predicted molar refractivity (Wildman–Crippen MR) is 75.9 cm³/mol. The first-order valence-electron chi connectivity index (χ1n) is 6.43. The van der Waals surface area contributed by atoms with Gasteiger partial charge >= 0.3 is 0 Å². The van der Waals surface area contributed by atoms with Gasteiger partial charge in [-0.05, 0) is 24.3 Å². The minimum Gasteiger partial charge on any atom is -0.493 e. The maximum absolute atomic E-state index is 13.7. The maximum Gasteiger partial charge on any atom is 0.168 e. The highest BCUT2D eigenvalue weighted by molar-refractivity contribution is 5.72. The number of benzene rings is 2. The summed E-state index contributed by atoms with van der Waals surface area (Å²) in [6.45, 7) is 0. The number of hydrogen-bond donors (Lipinski definition) is 1. The smallest absolute Gasteiger partial charge is 0.168 e. The molecule has 0 spiro atoms. The Kier molecular flexibility index (Phi) is 3.58. The lowest BCUT2D eigenvalue weighted by Gasteiger charge is -2.07. The van der Waals surface area contributed by atoms with Crippen molar-refractivity contribution >= 4 is 0 Å². The molecule has 0 saturated carbocycles. The molecular formula is C16H11F3N2O. The maximum atomic E-state index is 13.7. The van der Waals surface area contributed by atoms with Gasteiger partial charge in [0.2, 0.25) is 0 Å². The molecule has 3 aromatic rings. The number of ether oxygens (including phenoxy) is 1. The van der Waals surface area contributed by atoms with Crippen LogP contribution >= 0.6 is 0 Å². The molecular weight excluding hydrogens is 293 g/mol. The van der Waals surface area contributed by atoms with E-state index in [9.17, 15) is 13.2 Å². The van der Waals surface area contributed by atoms with Crippen LogP contribution in [0, 0.1) is 17.5 Å². The van der Waals surface area contributed by atoms with E-state index in [0.29, 0.717) is 17.0 Å². The average molecular weight is 304 g/mol. The first-order chi connectivity index (χ1) is 10.6. The minimum absolute atomic E-state index is 0.0872. The van der Waals surface area contributed by atoms with Gasteiger partial charge in [0.1, 0.15) is 11.6 Å². The summed E-state index contributed by atoms with van der Waals surface area (Å²) >= 11 is 0. The Morgan fingerprint density at radius 2 is 1.82 bits per heavy atom. The molecule has 0 saturated heterocycles. The van der Waals surface area contributed by atoms with Crippen LogP contribution in [-0.2, 0) is 0 Å². The molecule has 0 radical (unpaired) electrons. The van der Waals surface area contributed by atoms with Gasteiger partial charge in [0.05, 0.1) is 18.5 Å². The molecule has 0 fully saturated rings. The number of aromatic nitrogens is 2. The van der Waals surface area contributed by atoms with Crippen LogP contribution in [0.2, 0.25) is 0 Å². The summed E-state index contributed by atoms with van der Waals surface area (Å²) in [5.41, 5.74) is 1.59. The molecule has 0 aliphatic rings. The second-order valence-electron chi connectivity index (χ2n) is 4.65. The van der Waals surface area contributed by atoms with E-state index in [1.165, 1.54) is 19.2 Å². The van der Waals surface area contributed by atoms with E-state index in [0.717, 1.165) is 12.1 Å². The second kappa shape index (κ2) is 5.55. The zero-order chi connectivity index (χ0) is 15.7. The highest BCUT2D eigenvalue weighted by Gasteiger charge is 2.16. The van der Waals surface area contributed by atoms with Crippen LogP contribution in [0.5, 0.6) is 5.75 Å². The number of nitrogens with one attached hydrogen (secondary N) is 1. The number of halogens is 3. The van der Waals surface area contributed by atoms with Crippen molar-refractivity contribution in [3.05, 3.63) is 59.9 Å². The summed E-state index contributed by atoms with van der Waals surface area (Å²) in [4.78, 5) is 0. The fourth-order valence-corrected chi connectivity index (χ4v) is 2.22. The molecule has 0 unspecified atom stereocenters. The lowest BCUT2D eigenvalue weighted by molar-refractivity contribution is 0.386. The van der Waals surface area contributed by atoms with Crippen LogP contribution in [0.15, 0.2) is 42.5 Å². The number of nitrogens with zero attached hydrogens (tertiary/aromatic N) is 1. The highest BCUT2D eigenvalue weighted by atomic mass is 19.1. The molecule has 3 nitrogen and oxygen atoms in total. The van der Waals surface area contributed by atoms with Crippen LogP contribution in [0.25, 0.3) is 22.5 Å². The molecule has 1 aromatic heterocycles. The first-order valence-corrected chi connectivity index (χ1v) is 6.43. The number of hydrogen-bond acceptors (Lipinski definition) is 2. The monoisotopic (exact) mass is 304 g/mol. The summed E-state index contributed by atoms with van der Waals surface area (Å²) in [5.74, 6) is -2.01. The molecule has 0 atom stereocenters. The SMILES string of the molecule is COc1c(F)cc(F)cc1-c1cc(-c2cccc(F)c2)n[nH]1. The summed E-state index contributed by atoms with van der Waals surface area (Å²) < 4.78 is 45.4. The molecule has 112 valence electrons. The van der Waals surface area contributed by atoms with E-state index >= 15 is 0 Å². The summed E-state index contributed by atoms with van der Waals surface area (Å²) in [6, 6.07) is 9.35. The number of aromatic amines is 1. The fourth-order valence-electron chi connectivity index (χ4n) is 2.22. The van der Waals surface area contributed by atoms with E-state index in [2.05, 4.69) is 10.2 Å². The summed E-state index contributed by atoms with van der Waals surface area (Å²) in [6.07, 6.45) is 0. The molecule has 2 aromatic carbocycles. The molecule has 0 aliphatic carbocycles. The van der Waals surface area contributed by atoms with Crippen molar-refractivity contribution in [2.75, 3.05) is 7.11 Å². The van der Waals surface area contributed by atoms with Gasteiger partial charge in [-0.15, -0.1) is 0 Å².